The summed E-state index contributed by atoms with van der Waals surface area (Å²) < 4.78 is 25.2. The lowest BCUT2D eigenvalue weighted by atomic mass is 10.1. The quantitative estimate of drug-likeness (QED) is 0.343. The zero-order chi connectivity index (χ0) is 18.5. The molecule has 4 nitrogen and oxygen atoms in total. The number of fused-ring (bicyclic) bond motifs is 1. The van der Waals surface area contributed by atoms with Crippen molar-refractivity contribution in [1.82, 2.24) is 4.98 Å². The second kappa shape index (κ2) is 7.95. The van der Waals surface area contributed by atoms with E-state index in [2.05, 4.69) is 4.98 Å². The Kier molecular flexibility index (Phi) is 5.46. The third-order valence-electron chi connectivity index (χ3n) is 3.95. The Balaban J connectivity index is 1.92. The highest BCUT2D eigenvalue weighted by molar-refractivity contribution is 5.89. The fourth-order valence-electron chi connectivity index (χ4n) is 2.56. The molecule has 0 fully saturated rings. The number of carbonyl (C=O) groups excluding carboxylic acids is 1. The van der Waals surface area contributed by atoms with E-state index in [1.807, 2.05) is 32.0 Å². The fraction of sp³-hybridized carbons (Fsp3) is 0.238. The second-order valence-corrected chi connectivity index (χ2v) is 6.05. The van der Waals surface area contributed by atoms with E-state index >= 15 is 0 Å². The van der Waals surface area contributed by atoms with Gasteiger partial charge in [0.15, 0.2) is 5.58 Å². The maximum absolute atomic E-state index is 14.3. The van der Waals surface area contributed by atoms with Gasteiger partial charge in [-0.2, -0.15) is 0 Å². The van der Waals surface area contributed by atoms with Crippen molar-refractivity contribution in [3.8, 4) is 11.5 Å². The number of aryl methyl sites for hydroxylation is 1. The van der Waals surface area contributed by atoms with E-state index in [1.165, 1.54) is 18.2 Å². The lowest BCUT2D eigenvalue weighted by Gasteiger charge is -2.04. The van der Waals surface area contributed by atoms with Gasteiger partial charge < -0.3 is 9.15 Å². The molecule has 1 heterocycles. The van der Waals surface area contributed by atoms with Crippen LogP contribution < -0.4 is 0 Å². The molecule has 3 aromatic rings. The standard InChI is InChI=1S/C21H20FNO3/c1-3-4-12-25-20(24)11-9-15-16(6-5-7-17(15)22)21-23-18-13-14(2)8-10-19(18)26-21/h5-11,13H,3-4,12H2,1-2H3/b11-9+. The van der Waals surface area contributed by atoms with Gasteiger partial charge in [0.05, 0.1) is 6.61 Å². The predicted molar refractivity (Wildman–Crippen MR) is 99.0 cm³/mol. The summed E-state index contributed by atoms with van der Waals surface area (Å²) >= 11 is 0. The Labute approximate surface area is 151 Å². The molecule has 0 N–H and O–H groups in total. The van der Waals surface area contributed by atoms with Crippen LogP contribution in [0, 0.1) is 12.7 Å². The molecule has 0 bridgehead atoms. The number of ether oxygens (including phenoxy) is 1. The van der Waals surface area contributed by atoms with Gasteiger partial charge in [0.25, 0.3) is 0 Å². The number of nitrogens with zero attached hydrogens (tertiary/aromatic N) is 1. The summed E-state index contributed by atoms with van der Waals surface area (Å²) in [5, 5.41) is 0. The molecule has 134 valence electrons. The number of unbranched alkanes of at least 4 members (excludes halogenated alkanes) is 1. The number of halogens is 1. The minimum absolute atomic E-state index is 0.239. The van der Waals surface area contributed by atoms with E-state index in [1.54, 1.807) is 12.1 Å². The highest BCUT2D eigenvalue weighted by atomic mass is 19.1. The van der Waals surface area contributed by atoms with Crippen molar-refractivity contribution in [2.45, 2.75) is 26.7 Å². The highest BCUT2D eigenvalue weighted by Crippen LogP contribution is 2.29. The first-order valence-corrected chi connectivity index (χ1v) is 8.59. The van der Waals surface area contributed by atoms with Gasteiger partial charge >= 0.3 is 5.97 Å². The summed E-state index contributed by atoms with van der Waals surface area (Å²) in [6, 6.07) is 10.3. The average molecular weight is 353 g/mol. The van der Waals surface area contributed by atoms with Gasteiger partial charge in [-0.05, 0) is 49.2 Å². The van der Waals surface area contributed by atoms with Crippen molar-refractivity contribution in [3.05, 3.63) is 59.4 Å². The van der Waals surface area contributed by atoms with Crippen molar-refractivity contribution < 1.29 is 18.3 Å². The molecule has 0 unspecified atom stereocenters. The number of oxazole rings is 1. The Bertz CT molecular complexity index is 959. The van der Waals surface area contributed by atoms with Crippen molar-refractivity contribution in [3.63, 3.8) is 0 Å². The van der Waals surface area contributed by atoms with Crippen LogP contribution in [0.15, 0.2) is 46.9 Å². The van der Waals surface area contributed by atoms with E-state index in [4.69, 9.17) is 9.15 Å². The van der Waals surface area contributed by atoms with Crippen LogP contribution in [0.1, 0.15) is 30.9 Å². The monoisotopic (exact) mass is 353 g/mol. The van der Waals surface area contributed by atoms with Crippen LogP contribution in [-0.4, -0.2) is 17.6 Å². The van der Waals surface area contributed by atoms with E-state index in [0.717, 1.165) is 18.4 Å². The van der Waals surface area contributed by atoms with E-state index in [-0.39, 0.29) is 5.56 Å². The van der Waals surface area contributed by atoms with Gasteiger partial charge in [0, 0.05) is 17.2 Å². The topological polar surface area (TPSA) is 52.3 Å². The Morgan fingerprint density at radius 2 is 2.15 bits per heavy atom. The van der Waals surface area contributed by atoms with Gasteiger partial charge in [0.2, 0.25) is 5.89 Å². The molecule has 0 aliphatic heterocycles. The number of hydrogen-bond acceptors (Lipinski definition) is 4. The smallest absolute Gasteiger partial charge is 0.330 e. The SMILES string of the molecule is CCCCOC(=O)/C=C/c1c(F)cccc1-c1nc2cc(C)ccc2o1. The van der Waals surface area contributed by atoms with Gasteiger partial charge in [0.1, 0.15) is 11.3 Å². The highest BCUT2D eigenvalue weighted by Gasteiger charge is 2.14. The number of benzene rings is 2. The molecule has 0 saturated heterocycles. The molecule has 2 aromatic carbocycles. The lowest BCUT2D eigenvalue weighted by Crippen LogP contribution is -2.02. The number of rotatable bonds is 6. The van der Waals surface area contributed by atoms with Gasteiger partial charge in [-0.25, -0.2) is 14.2 Å². The van der Waals surface area contributed by atoms with Crippen LogP contribution in [-0.2, 0) is 9.53 Å². The van der Waals surface area contributed by atoms with Crippen LogP contribution in [0.4, 0.5) is 4.39 Å². The summed E-state index contributed by atoms with van der Waals surface area (Å²) in [6.07, 6.45) is 4.36. The maximum atomic E-state index is 14.3. The molecule has 26 heavy (non-hydrogen) atoms. The minimum Gasteiger partial charge on any atom is -0.463 e. The van der Waals surface area contributed by atoms with Crippen LogP contribution in [0.5, 0.6) is 0 Å². The molecular weight excluding hydrogens is 333 g/mol. The molecule has 0 radical (unpaired) electrons. The minimum atomic E-state index is -0.499. The number of aromatic nitrogens is 1. The second-order valence-electron chi connectivity index (χ2n) is 6.05. The van der Waals surface area contributed by atoms with Crippen LogP contribution in [0.2, 0.25) is 0 Å². The molecule has 5 heteroatoms. The fourth-order valence-corrected chi connectivity index (χ4v) is 2.56. The Morgan fingerprint density at radius 1 is 1.31 bits per heavy atom. The van der Waals surface area contributed by atoms with Crippen molar-refractivity contribution >= 4 is 23.1 Å². The number of hydrogen-bond donors (Lipinski definition) is 0. The zero-order valence-electron chi connectivity index (χ0n) is 14.8. The van der Waals surface area contributed by atoms with Crippen LogP contribution in [0.25, 0.3) is 28.6 Å². The molecule has 0 aliphatic rings. The summed E-state index contributed by atoms with van der Waals surface area (Å²) in [6.45, 7) is 4.33. The molecule has 0 aliphatic carbocycles. The van der Waals surface area contributed by atoms with E-state index in [0.29, 0.717) is 29.2 Å². The van der Waals surface area contributed by atoms with Crippen molar-refractivity contribution in [1.29, 1.82) is 0 Å². The molecule has 0 spiro atoms. The molecule has 3 rings (SSSR count). The Hall–Kier alpha value is -2.95. The van der Waals surface area contributed by atoms with E-state index in [9.17, 15) is 9.18 Å². The normalized spacial score (nSPS) is 11.3. The summed E-state index contributed by atoms with van der Waals surface area (Å²) in [7, 11) is 0. The maximum Gasteiger partial charge on any atom is 0.330 e. The van der Waals surface area contributed by atoms with Crippen LogP contribution >= 0.6 is 0 Å². The summed E-state index contributed by atoms with van der Waals surface area (Å²) in [4.78, 5) is 16.2. The molecular formula is C21H20FNO3. The number of carbonyl (C=O) groups is 1. The number of esters is 1. The lowest BCUT2D eigenvalue weighted by molar-refractivity contribution is -0.137. The molecule has 0 amide bonds. The van der Waals surface area contributed by atoms with Crippen molar-refractivity contribution in [2.75, 3.05) is 6.61 Å². The van der Waals surface area contributed by atoms with Crippen molar-refractivity contribution in [2.24, 2.45) is 0 Å². The van der Waals surface area contributed by atoms with Gasteiger partial charge in [-0.1, -0.05) is 25.5 Å². The average Bonchev–Trinajstić information content (AvgIpc) is 3.03. The predicted octanol–water partition coefficient (Wildman–Crippen LogP) is 5.30. The molecule has 0 atom stereocenters. The van der Waals surface area contributed by atoms with Gasteiger partial charge in [-0.15, -0.1) is 0 Å². The third-order valence-corrected chi connectivity index (χ3v) is 3.95. The first kappa shape index (κ1) is 17.9. The summed E-state index contributed by atoms with van der Waals surface area (Å²) in [5.74, 6) is -0.650. The molecule has 0 saturated carbocycles. The first-order chi connectivity index (χ1) is 12.6. The third kappa shape index (κ3) is 3.99. The Morgan fingerprint density at radius 3 is 2.96 bits per heavy atom. The van der Waals surface area contributed by atoms with E-state index < -0.39 is 11.8 Å². The van der Waals surface area contributed by atoms with Gasteiger partial charge in [-0.3, -0.25) is 0 Å². The summed E-state index contributed by atoms with van der Waals surface area (Å²) in [5.41, 5.74) is 3.12. The largest absolute Gasteiger partial charge is 0.463 e. The van der Waals surface area contributed by atoms with Crippen LogP contribution in [0.3, 0.4) is 0 Å². The first-order valence-electron chi connectivity index (χ1n) is 8.59. The molecule has 1 aromatic heterocycles. The zero-order valence-corrected chi connectivity index (χ0v) is 14.8.